The lowest BCUT2D eigenvalue weighted by Gasteiger charge is -2.32. The molecule has 1 aromatic carbocycles. The molecule has 3 heterocycles. The number of hydrogen-bond acceptors (Lipinski definition) is 10. The van der Waals surface area contributed by atoms with Crippen molar-refractivity contribution in [3.8, 4) is 11.6 Å². The third-order valence-electron chi connectivity index (χ3n) is 5.09. The first-order valence-corrected chi connectivity index (χ1v) is 12.6. The van der Waals surface area contributed by atoms with Crippen LogP contribution in [0.15, 0.2) is 42.7 Å². The molecule has 0 aliphatic carbocycles. The largest absolute Gasteiger partial charge is 0.439 e. The molecule has 0 bridgehead atoms. The second kappa shape index (κ2) is 10.5. The first-order chi connectivity index (χ1) is 16.2. The monoisotopic (exact) mass is 504 g/mol. The summed E-state index contributed by atoms with van der Waals surface area (Å²) in [5.74, 6) is 1.65. The summed E-state index contributed by atoms with van der Waals surface area (Å²) in [5, 5.41) is 8.69. The SMILES string of the molecule is CN1CCN(c2nc(CNc3ncc(Cl)cn3)cc(Oc3ccc(CS(N)(=O)=O)cc3)n2)CC1. The maximum atomic E-state index is 11.3. The zero-order chi connectivity index (χ0) is 24.1. The van der Waals surface area contributed by atoms with E-state index in [1.54, 1.807) is 30.3 Å². The van der Waals surface area contributed by atoms with Crippen LogP contribution >= 0.6 is 11.6 Å². The van der Waals surface area contributed by atoms with E-state index in [2.05, 4.69) is 37.1 Å². The van der Waals surface area contributed by atoms with E-state index in [4.69, 9.17) is 26.5 Å². The van der Waals surface area contributed by atoms with Gasteiger partial charge in [0.15, 0.2) is 0 Å². The number of sulfonamides is 1. The summed E-state index contributed by atoms with van der Waals surface area (Å²) in [6.07, 6.45) is 3.03. The first-order valence-electron chi connectivity index (χ1n) is 10.5. The van der Waals surface area contributed by atoms with Crippen LogP contribution in [0.2, 0.25) is 5.02 Å². The van der Waals surface area contributed by atoms with Crippen LogP contribution in [-0.2, 0) is 22.3 Å². The first kappa shape index (κ1) is 24.1. The summed E-state index contributed by atoms with van der Waals surface area (Å²) in [6.45, 7) is 3.78. The van der Waals surface area contributed by atoms with Crippen molar-refractivity contribution in [2.24, 2.45) is 5.14 Å². The molecule has 0 unspecified atom stereocenters. The van der Waals surface area contributed by atoms with E-state index >= 15 is 0 Å². The number of rotatable bonds is 8. The van der Waals surface area contributed by atoms with E-state index in [0.29, 0.717) is 46.4 Å². The van der Waals surface area contributed by atoms with Gasteiger partial charge < -0.3 is 19.9 Å². The highest BCUT2D eigenvalue weighted by molar-refractivity contribution is 7.88. The van der Waals surface area contributed by atoms with Crippen molar-refractivity contribution in [1.82, 2.24) is 24.8 Å². The third kappa shape index (κ3) is 6.97. The molecule has 1 saturated heterocycles. The Morgan fingerprint density at radius 1 is 1.09 bits per heavy atom. The van der Waals surface area contributed by atoms with Crippen LogP contribution in [0.4, 0.5) is 11.9 Å². The molecule has 3 N–H and O–H groups in total. The summed E-state index contributed by atoms with van der Waals surface area (Å²) in [6, 6.07) is 8.40. The van der Waals surface area contributed by atoms with Crippen molar-refractivity contribution in [3.63, 3.8) is 0 Å². The number of anilines is 2. The Labute approximate surface area is 203 Å². The van der Waals surface area contributed by atoms with Gasteiger partial charge in [0.2, 0.25) is 27.8 Å². The van der Waals surface area contributed by atoms with Crippen LogP contribution in [0.3, 0.4) is 0 Å². The minimum absolute atomic E-state index is 0.239. The Balaban J connectivity index is 1.54. The summed E-state index contributed by atoms with van der Waals surface area (Å²) < 4.78 is 28.6. The van der Waals surface area contributed by atoms with Gasteiger partial charge in [-0.1, -0.05) is 23.7 Å². The molecule has 1 aliphatic heterocycles. The van der Waals surface area contributed by atoms with Crippen LogP contribution in [0, 0.1) is 0 Å². The number of likely N-dealkylation sites (N-methyl/N-ethyl adjacent to an activating group) is 1. The smallest absolute Gasteiger partial charge is 0.229 e. The number of benzene rings is 1. The van der Waals surface area contributed by atoms with Gasteiger partial charge in [-0.3, -0.25) is 0 Å². The van der Waals surface area contributed by atoms with Crippen molar-refractivity contribution in [1.29, 1.82) is 0 Å². The Bertz CT molecular complexity index is 1220. The second-order valence-electron chi connectivity index (χ2n) is 7.92. The highest BCUT2D eigenvalue weighted by Gasteiger charge is 2.19. The number of nitrogens with two attached hydrogens (primary N) is 1. The van der Waals surface area contributed by atoms with Gasteiger partial charge in [-0.2, -0.15) is 4.98 Å². The lowest BCUT2D eigenvalue weighted by molar-refractivity contribution is 0.310. The predicted octanol–water partition coefficient (Wildman–Crippen LogP) is 1.86. The summed E-state index contributed by atoms with van der Waals surface area (Å²) >= 11 is 5.85. The Hall–Kier alpha value is -3.06. The number of aromatic nitrogens is 4. The highest BCUT2D eigenvalue weighted by Crippen LogP contribution is 2.24. The molecular formula is C21H25ClN8O3S. The molecular weight excluding hydrogens is 480 g/mol. The minimum Gasteiger partial charge on any atom is -0.439 e. The Morgan fingerprint density at radius 2 is 1.76 bits per heavy atom. The molecule has 3 aromatic rings. The summed E-state index contributed by atoms with van der Waals surface area (Å²) in [4.78, 5) is 22.0. The number of hydrogen-bond donors (Lipinski definition) is 2. The fourth-order valence-electron chi connectivity index (χ4n) is 3.33. The second-order valence-corrected chi connectivity index (χ2v) is 9.97. The molecule has 0 radical (unpaired) electrons. The Kier molecular flexibility index (Phi) is 7.41. The molecule has 13 heteroatoms. The summed E-state index contributed by atoms with van der Waals surface area (Å²) in [5.41, 5.74) is 1.27. The van der Waals surface area contributed by atoms with Crippen molar-refractivity contribution in [2.45, 2.75) is 12.3 Å². The molecule has 1 fully saturated rings. The van der Waals surface area contributed by atoms with Crippen LogP contribution in [0.1, 0.15) is 11.3 Å². The fraction of sp³-hybridized carbons (Fsp3) is 0.333. The van der Waals surface area contributed by atoms with Crippen molar-refractivity contribution >= 4 is 33.5 Å². The van der Waals surface area contributed by atoms with E-state index in [-0.39, 0.29) is 5.75 Å². The van der Waals surface area contributed by atoms with Crippen molar-refractivity contribution in [3.05, 3.63) is 59.0 Å². The number of primary sulfonamides is 1. The average molecular weight is 505 g/mol. The Morgan fingerprint density at radius 3 is 2.41 bits per heavy atom. The topological polar surface area (TPSA) is 139 Å². The molecule has 0 saturated carbocycles. The molecule has 0 spiro atoms. The van der Waals surface area contributed by atoms with Gasteiger partial charge in [0.05, 0.1) is 35.4 Å². The normalized spacial score (nSPS) is 14.7. The standard InChI is InChI=1S/C21H25ClN8O3S/c1-29-6-8-30(9-7-29)21-27-17(13-26-20-24-11-16(22)12-25-20)10-19(28-21)33-18-4-2-15(3-5-18)14-34(23,31)32/h2-5,10-12H,6-9,13-14H2,1H3,(H2,23,31,32)(H,24,25,26). The number of piperazine rings is 1. The van der Waals surface area contributed by atoms with Gasteiger partial charge in [-0.15, -0.1) is 0 Å². The maximum Gasteiger partial charge on any atom is 0.229 e. The van der Waals surface area contributed by atoms with Gasteiger partial charge in [-0.05, 0) is 24.7 Å². The molecule has 2 aromatic heterocycles. The van der Waals surface area contributed by atoms with E-state index in [0.717, 1.165) is 26.2 Å². The van der Waals surface area contributed by atoms with Gasteiger partial charge in [0.1, 0.15) is 5.75 Å². The molecule has 34 heavy (non-hydrogen) atoms. The third-order valence-corrected chi connectivity index (χ3v) is 6.02. The number of halogens is 1. The van der Waals surface area contributed by atoms with E-state index < -0.39 is 10.0 Å². The maximum absolute atomic E-state index is 11.3. The highest BCUT2D eigenvalue weighted by atomic mass is 35.5. The van der Waals surface area contributed by atoms with Crippen molar-refractivity contribution < 1.29 is 13.2 Å². The minimum atomic E-state index is -3.60. The van der Waals surface area contributed by atoms with Gasteiger partial charge >= 0.3 is 0 Å². The number of ether oxygens (including phenoxy) is 1. The van der Waals surface area contributed by atoms with Crippen LogP contribution < -0.4 is 20.1 Å². The van der Waals surface area contributed by atoms with Gasteiger partial charge in [0.25, 0.3) is 0 Å². The number of nitrogens with zero attached hydrogens (tertiary/aromatic N) is 6. The van der Waals surface area contributed by atoms with E-state index in [1.165, 1.54) is 12.4 Å². The lowest BCUT2D eigenvalue weighted by Crippen LogP contribution is -2.45. The zero-order valence-corrected chi connectivity index (χ0v) is 20.1. The summed E-state index contributed by atoms with van der Waals surface area (Å²) in [7, 11) is -1.52. The van der Waals surface area contributed by atoms with Gasteiger partial charge in [0, 0.05) is 32.2 Å². The molecule has 0 atom stereocenters. The van der Waals surface area contributed by atoms with Crippen molar-refractivity contribution in [2.75, 3.05) is 43.4 Å². The van der Waals surface area contributed by atoms with E-state index in [9.17, 15) is 8.42 Å². The van der Waals surface area contributed by atoms with Crippen LogP contribution in [0.25, 0.3) is 0 Å². The van der Waals surface area contributed by atoms with Gasteiger partial charge in [-0.25, -0.2) is 28.5 Å². The molecule has 0 amide bonds. The number of nitrogens with one attached hydrogen (secondary N) is 1. The lowest BCUT2D eigenvalue weighted by atomic mass is 10.2. The predicted molar refractivity (Wildman–Crippen MR) is 129 cm³/mol. The molecule has 4 rings (SSSR count). The fourth-order valence-corrected chi connectivity index (χ4v) is 4.08. The van der Waals surface area contributed by atoms with Crippen LogP contribution in [0.5, 0.6) is 11.6 Å². The average Bonchev–Trinajstić information content (AvgIpc) is 2.79. The quantitative estimate of drug-likeness (QED) is 0.467. The van der Waals surface area contributed by atoms with Crippen LogP contribution in [-0.4, -0.2) is 66.5 Å². The molecule has 11 nitrogen and oxygen atoms in total. The molecule has 1 aliphatic rings. The molecule has 180 valence electrons. The van der Waals surface area contributed by atoms with E-state index in [1.807, 2.05) is 0 Å². The zero-order valence-electron chi connectivity index (χ0n) is 18.6.